The molecular weight excluding hydrogens is 608 g/mol. The molecule has 1 saturated heterocycles. The predicted molar refractivity (Wildman–Crippen MR) is 160 cm³/mol. The third-order valence-corrected chi connectivity index (χ3v) is 8.73. The maximum Gasteiger partial charge on any atom is 0.410 e. The van der Waals surface area contributed by atoms with E-state index in [1.54, 1.807) is 39.0 Å². The number of aliphatic carboxylic acids is 1. The average molecular weight is 647 g/mol. The van der Waals surface area contributed by atoms with E-state index in [9.17, 15) is 29.1 Å². The highest BCUT2D eigenvalue weighted by atomic mass is 35.5. The van der Waals surface area contributed by atoms with Crippen molar-refractivity contribution >= 4 is 41.6 Å². The first-order valence-corrected chi connectivity index (χ1v) is 15.5. The molecule has 4 amide bonds. The van der Waals surface area contributed by atoms with Crippen molar-refractivity contribution in [2.75, 3.05) is 19.8 Å². The number of carbonyl (C=O) groups is 5. The van der Waals surface area contributed by atoms with E-state index >= 15 is 0 Å². The van der Waals surface area contributed by atoms with E-state index in [0.717, 1.165) is 11.1 Å². The summed E-state index contributed by atoms with van der Waals surface area (Å²) in [6.45, 7) is 5.94. The molecule has 5 atom stereocenters. The molecule has 1 aromatic carbocycles. The highest BCUT2D eigenvalue weighted by molar-refractivity contribution is 6.31. The van der Waals surface area contributed by atoms with Gasteiger partial charge in [0.25, 0.3) is 0 Å². The van der Waals surface area contributed by atoms with E-state index in [1.165, 1.54) is 9.80 Å². The lowest BCUT2D eigenvalue weighted by molar-refractivity contribution is -0.145. The molecule has 3 N–H and O–H groups in total. The highest BCUT2D eigenvalue weighted by Gasteiger charge is 2.61. The van der Waals surface area contributed by atoms with Crippen molar-refractivity contribution in [2.45, 2.75) is 88.9 Å². The summed E-state index contributed by atoms with van der Waals surface area (Å²) >= 11 is 6.31. The number of hydrogen-bond acceptors (Lipinski definition) is 8. The second-order valence-electron chi connectivity index (χ2n) is 12.9. The van der Waals surface area contributed by atoms with E-state index in [2.05, 4.69) is 10.6 Å². The van der Waals surface area contributed by atoms with Crippen molar-refractivity contribution in [3.05, 3.63) is 46.5 Å². The Balaban J connectivity index is 1.37. The van der Waals surface area contributed by atoms with Crippen molar-refractivity contribution < 1.29 is 43.3 Å². The number of rotatable bonds is 3. The lowest BCUT2D eigenvalue weighted by Crippen LogP contribution is -2.56. The van der Waals surface area contributed by atoms with E-state index in [1.807, 2.05) is 12.1 Å². The first-order chi connectivity index (χ1) is 21.3. The lowest BCUT2D eigenvalue weighted by atomic mass is 10.1. The number of nitrogens with zero attached hydrogens (tertiary/aromatic N) is 2. The van der Waals surface area contributed by atoms with Gasteiger partial charge >= 0.3 is 18.2 Å². The van der Waals surface area contributed by atoms with Crippen LogP contribution in [0.3, 0.4) is 0 Å². The third kappa shape index (κ3) is 7.36. The van der Waals surface area contributed by atoms with Crippen LogP contribution >= 0.6 is 11.6 Å². The Hall–Kier alpha value is -3.84. The maximum absolute atomic E-state index is 14.0. The van der Waals surface area contributed by atoms with E-state index in [0.29, 0.717) is 24.6 Å². The molecular formula is C31H39ClN4O9. The summed E-state index contributed by atoms with van der Waals surface area (Å²) in [5.41, 5.74) is -0.600. The van der Waals surface area contributed by atoms with Gasteiger partial charge in [-0.2, -0.15) is 0 Å². The van der Waals surface area contributed by atoms with Gasteiger partial charge in [-0.15, -0.1) is 0 Å². The van der Waals surface area contributed by atoms with Gasteiger partial charge in [-0.05, 0) is 50.8 Å². The van der Waals surface area contributed by atoms with Crippen molar-refractivity contribution in [1.82, 2.24) is 20.4 Å². The van der Waals surface area contributed by atoms with Crippen LogP contribution in [-0.2, 0) is 41.7 Å². The molecule has 3 heterocycles. The molecule has 1 aromatic rings. The molecule has 45 heavy (non-hydrogen) atoms. The number of carboxylic acids is 1. The fourth-order valence-corrected chi connectivity index (χ4v) is 6.24. The second-order valence-corrected chi connectivity index (χ2v) is 13.3. The smallest absolute Gasteiger partial charge is 0.410 e. The van der Waals surface area contributed by atoms with Gasteiger partial charge in [0.2, 0.25) is 11.8 Å². The normalized spacial score (nSPS) is 28.5. The molecule has 1 saturated carbocycles. The number of amides is 4. The number of hydrogen-bond donors (Lipinski definition) is 3. The number of nitrogens with one attached hydrogen (secondary N) is 2. The van der Waals surface area contributed by atoms with Crippen molar-refractivity contribution in [3.8, 4) is 0 Å². The summed E-state index contributed by atoms with van der Waals surface area (Å²) in [5.74, 6) is -2.88. The molecule has 0 aromatic heterocycles. The molecule has 0 radical (unpaired) electrons. The number of halogens is 1. The fourth-order valence-electron chi connectivity index (χ4n) is 5.99. The van der Waals surface area contributed by atoms with Crippen LogP contribution in [0.4, 0.5) is 9.59 Å². The zero-order valence-electron chi connectivity index (χ0n) is 25.5. The zero-order chi connectivity index (χ0) is 32.5. The average Bonchev–Trinajstić information content (AvgIpc) is 3.27. The van der Waals surface area contributed by atoms with E-state index in [4.69, 9.17) is 25.8 Å². The standard InChI is InChI=1S/C31H39ClN4O9/c1-30(2,3)45-28(41)33-23-10-12-43-11-5-4-8-19-14-31(19,27(39)40)34-25(37)24-13-20(16-36(24)26(23)38)44-29(42)35-15-18-7-6-9-22(32)21(18)17-35/h4,6-9,19-20,23-24H,5,10-17H2,1-3H3,(H,33,41)(H,34,37)(H,39,40)/t19-,20-,23+,24+,31-/m1/s1. The lowest BCUT2D eigenvalue weighted by Gasteiger charge is -2.30. The number of alkyl carbamates (subject to hydrolysis) is 1. The van der Waals surface area contributed by atoms with Gasteiger partial charge in [0.05, 0.1) is 19.7 Å². The predicted octanol–water partition coefficient (Wildman–Crippen LogP) is 2.98. The van der Waals surface area contributed by atoms with Gasteiger partial charge in [-0.1, -0.05) is 35.9 Å². The number of benzene rings is 1. The Bertz CT molecular complexity index is 1400. The van der Waals surface area contributed by atoms with Crippen LogP contribution in [0, 0.1) is 5.92 Å². The summed E-state index contributed by atoms with van der Waals surface area (Å²) in [5, 5.41) is 15.8. The van der Waals surface area contributed by atoms with Gasteiger partial charge in [-0.3, -0.25) is 14.5 Å². The molecule has 14 heteroatoms. The first kappa shape index (κ1) is 32.6. The Kier molecular flexibility index (Phi) is 9.31. The first-order valence-electron chi connectivity index (χ1n) is 15.1. The Morgan fingerprint density at radius 1 is 1.18 bits per heavy atom. The minimum atomic E-state index is -1.51. The summed E-state index contributed by atoms with van der Waals surface area (Å²) in [7, 11) is 0. The number of carbonyl (C=O) groups excluding carboxylic acids is 4. The Morgan fingerprint density at radius 3 is 2.67 bits per heavy atom. The van der Waals surface area contributed by atoms with Gasteiger partial charge in [0.15, 0.2) is 0 Å². The Morgan fingerprint density at radius 2 is 1.96 bits per heavy atom. The molecule has 13 nitrogen and oxygen atoms in total. The monoisotopic (exact) mass is 646 g/mol. The molecule has 2 fully saturated rings. The van der Waals surface area contributed by atoms with E-state index in [-0.39, 0.29) is 39.0 Å². The molecule has 3 aliphatic heterocycles. The zero-order valence-corrected chi connectivity index (χ0v) is 26.3. The fraction of sp³-hybridized carbons (Fsp3) is 0.581. The second kappa shape index (κ2) is 12.9. The van der Waals surface area contributed by atoms with Crippen LogP contribution < -0.4 is 10.6 Å². The van der Waals surface area contributed by atoms with Gasteiger partial charge in [0.1, 0.15) is 29.3 Å². The molecule has 4 aliphatic rings. The van der Waals surface area contributed by atoms with Crippen molar-refractivity contribution in [1.29, 1.82) is 0 Å². The maximum atomic E-state index is 14.0. The number of fused-ring (bicyclic) bond motifs is 3. The summed E-state index contributed by atoms with van der Waals surface area (Å²) in [6, 6.07) is 3.15. The Labute approximate surface area is 266 Å². The molecule has 5 rings (SSSR count). The molecule has 0 spiro atoms. The van der Waals surface area contributed by atoms with Crippen LogP contribution in [0.15, 0.2) is 30.4 Å². The quantitative estimate of drug-likeness (QED) is 0.419. The largest absolute Gasteiger partial charge is 0.479 e. The summed E-state index contributed by atoms with van der Waals surface area (Å²) < 4.78 is 16.9. The number of carboxylic acid groups (broad SMARTS) is 1. The SMILES string of the molecule is CC(C)(C)OC(=O)N[C@H]1CCOCCC=C[C@@H]2C[C@@]2(C(=O)O)NC(=O)[C@@H]2C[C@@H](OC(=O)N3Cc4cccc(Cl)c4C3)CN2C1=O. The van der Waals surface area contributed by atoms with Crippen LogP contribution in [0.5, 0.6) is 0 Å². The summed E-state index contributed by atoms with van der Waals surface area (Å²) in [4.78, 5) is 68.7. The molecule has 1 aliphatic carbocycles. The van der Waals surface area contributed by atoms with Gasteiger partial charge < -0.3 is 34.9 Å². The van der Waals surface area contributed by atoms with Gasteiger partial charge in [0, 0.05) is 36.9 Å². The highest BCUT2D eigenvalue weighted by Crippen LogP contribution is 2.45. The van der Waals surface area contributed by atoms with Crippen LogP contribution in [0.25, 0.3) is 0 Å². The summed E-state index contributed by atoms with van der Waals surface area (Å²) in [6.07, 6.45) is 1.99. The molecule has 0 unspecified atom stereocenters. The van der Waals surface area contributed by atoms with Crippen molar-refractivity contribution in [3.63, 3.8) is 0 Å². The van der Waals surface area contributed by atoms with Crippen LogP contribution in [0.2, 0.25) is 5.02 Å². The number of ether oxygens (including phenoxy) is 3. The van der Waals surface area contributed by atoms with Crippen molar-refractivity contribution in [2.24, 2.45) is 5.92 Å². The minimum Gasteiger partial charge on any atom is -0.479 e. The molecule has 0 bridgehead atoms. The van der Waals surface area contributed by atoms with Gasteiger partial charge in [-0.25, -0.2) is 14.4 Å². The van der Waals surface area contributed by atoms with E-state index < -0.39 is 65.2 Å². The topological polar surface area (TPSA) is 164 Å². The molecule has 244 valence electrons. The minimum absolute atomic E-state index is 0.0588. The van der Waals surface area contributed by atoms with Crippen LogP contribution in [-0.4, -0.2) is 94.0 Å². The third-order valence-electron chi connectivity index (χ3n) is 8.38. The van der Waals surface area contributed by atoms with Crippen LogP contribution in [0.1, 0.15) is 57.6 Å².